The molecule has 3 aromatic carbocycles. The van der Waals surface area contributed by atoms with Gasteiger partial charge in [-0.3, -0.25) is 0 Å². The molecule has 4 heteroatoms. The van der Waals surface area contributed by atoms with Crippen molar-refractivity contribution in [2.24, 2.45) is 0 Å². The van der Waals surface area contributed by atoms with Gasteiger partial charge in [0.05, 0.1) is 20.1 Å². The molecule has 1 saturated heterocycles. The third-order valence-corrected chi connectivity index (χ3v) is 6.83. The van der Waals surface area contributed by atoms with Crippen LogP contribution in [-0.4, -0.2) is 48.3 Å². The maximum Gasteiger partial charge on any atom is 0.348 e. The van der Waals surface area contributed by atoms with Gasteiger partial charge in [0.2, 0.25) is 5.60 Å². The highest BCUT2D eigenvalue weighted by Gasteiger charge is 2.44. The first-order chi connectivity index (χ1) is 16.0. The lowest BCUT2D eigenvalue weighted by Gasteiger charge is -2.41. The highest BCUT2D eigenvalue weighted by molar-refractivity contribution is 5.85. The van der Waals surface area contributed by atoms with E-state index in [0.29, 0.717) is 11.1 Å². The Kier molecular flexibility index (Phi) is 7.26. The van der Waals surface area contributed by atoms with Crippen LogP contribution in [0.3, 0.4) is 0 Å². The van der Waals surface area contributed by atoms with E-state index in [0.717, 1.165) is 49.8 Å². The normalized spacial score (nSPS) is 20.8. The standard InChI is InChI=1S/C29H34NO3/c1-30(21-11-15-24-13-5-2-6-14-24)22-12-20-27(23-30)33-28(31)29(32,25-16-7-3-8-17-25)26-18-9-4-10-19-26/h2-10,13-14,16-19,27,32H,11-12,15,20-23H2,1H3/q+1/t27-,30-/m1/s1. The number of carbonyl (C=O) groups excluding carboxylic acids is 1. The quantitative estimate of drug-likeness (QED) is 0.404. The summed E-state index contributed by atoms with van der Waals surface area (Å²) in [5, 5.41) is 11.7. The van der Waals surface area contributed by atoms with Gasteiger partial charge in [-0.05, 0) is 29.5 Å². The van der Waals surface area contributed by atoms with Crippen LogP contribution in [0.4, 0.5) is 0 Å². The van der Waals surface area contributed by atoms with Crippen LogP contribution < -0.4 is 0 Å². The smallest absolute Gasteiger partial charge is 0.348 e. The average Bonchev–Trinajstić information content (AvgIpc) is 2.85. The lowest BCUT2D eigenvalue weighted by molar-refractivity contribution is -0.917. The predicted molar refractivity (Wildman–Crippen MR) is 131 cm³/mol. The fraction of sp³-hybridized carbons (Fsp3) is 0.345. The van der Waals surface area contributed by atoms with Crippen LogP contribution in [0.25, 0.3) is 0 Å². The molecule has 33 heavy (non-hydrogen) atoms. The first kappa shape index (κ1) is 23.2. The maximum atomic E-state index is 13.5. The van der Waals surface area contributed by atoms with E-state index in [-0.39, 0.29) is 6.10 Å². The molecule has 0 spiro atoms. The first-order valence-electron chi connectivity index (χ1n) is 11.9. The molecule has 0 aromatic heterocycles. The van der Waals surface area contributed by atoms with Gasteiger partial charge >= 0.3 is 5.97 Å². The van der Waals surface area contributed by atoms with Gasteiger partial charge in [0.15, 0.2) is 6.10 Å². The Morgan fingerprint density at radius 2 is 1.48 bits per heavy atom. The number of likely N-dealkylation sites (tertiary alicyclic amines) is 1. The molecular weight excluding hydrogens is 410 g/mol. The molecule has 3 aromatic rings. The van der Waals surface area contributed by atoms with Gasteiger partial charge in [-0.25, -0.2) is 4.79 Å². The van der Waals surface area contributed by atoms with Crippen molar-refractivity contribution in [2.45, 2.75) is 37.4 Å². The zero-order valence-electron chi connectivity index (χ0n) is 19.4. The van der Waals surface area contributed by atoms with E-state index in [9.17, 15) is 9.90 Å². The summed E-state index contributed by atoms with van der Waals surface area (Å²) in [5.41, 5.74) is 0.588. The lowest BCUT2D eigenvalue weighted by Crippen LogP contribution is -2.55. The Labute approximate surface area is 197 Å². The summed E-state index contributed by atoms with van der Waals surface area (Å²) in [6, 6.07) is 28.8. The number of piperidine rings is 1. The monoisotopic (exact) mass is 444 g/mol. The minimum atomic E-state index is -1.82. The Hall–Kier alpha value is -2.95. The second-order valence-electron chi connectivity index (χ2n) is 9.45. The average molecular weight is 445 g/mol. The summed E-state index contributed by atoms with van der Waals surface area (Å²) in [6.45, 7) is 2.91. The van der Waals surface area contributed by atoms with Gasteiger partial charge < -0.3 is 14.3 Å². The van der Waals surface area contributed by atoms with Crippen molar-refractivity contribution in [2.75, 3.05) is 26.7 Å². The van der Waals surface area contributed by atoms with Gasteiger partial charge in [-0.1, -0.05) is 91.0 Å². The lowest BCUT2D eigenvalue weighted by atomic mass is 9.86. The van der Waals surface area contributed by atoms with E-state index in [4.69, 9.17) is 4.74 Å². The Morgan fingerprint density at radius 1 is 0.939 bits per heavy atom. The molecule has 172 valence electrons. The van der Waals surface area contributed by atoms with Gasteiger partial charge in [0.1, 0.15) is 6.54 Å². The number of esters is 1. The molecule has 4 nitrogen and oxygen atoms in total. The van der Waals surface area contributed by atoms with Crippen LogP contribution in [0.1, 0.15) is 36.0 Å². The molecular formula is C29H34NO3+. The Balaban J connectivity index is 1.44. The molecule has 0 amide bonds. The second kappa shape index (κ2) is 10.3. The molecule has 1 heterocycles. The zero-order chi connectivity index (χ0) is 23.2. The van der Waals surface area contributed by atoms with Crippen molar-refractivity contribution in [1.82, 2.24) is 0 Å². The van der Waals surface area contributed by atoms with Crippen molar-refractivity contribution in [3.8, 4) is 0 Å². The highest BCUT2D eigenvalue weighted by atomic mass is 16.6. The third kappa shape index (κ3) is 5.52. The van der Waals surface area contributed by atoms with Crippen molar-refractivity contribution >= 4 is 5.97 Å². The van der Waals surface area contributed by atoms with Crippen molar-refractivity contribution in [1.29, 1.82) is 0 Å². The van der Waals surface area contributed by atoms with Gasteiger partial charge in [-0.2, -0.15) is 0 Å². The molecule has 1 fully saturated rings. The van der Waals surface area contributed by atoms with E-state index in [2.05, 4.69) is 31.3 Å². The van der Waals surface area contributed by atoms with E-state index >= 15 is 0 Å². The predicted octanol–water partition coefficient (Wildman–Crippen LogP) is 4.71. The van der Waals surface area contributed by atoms with Crippen LogP contribution in [-0.2, 0) is 21.6 Å². The Morgan fingerprint density at radius 3 is 2.06 bits per heavy atom. The fourth-order valence-electron chi connectivity index (χ4n) is 4.98. The summed E-state index contributed by atoms with van der Waals surface area (Å²) < 4.78 is 6.91. The van der Waals surface area contributed by atoms with E-state index in [1.165, 1.54) is 5.56 Å². The number of likely N-dealkylation sites (N-methyl/N-ethyl adjacent to an activating group) is 1. The molecule has 0 bridgehead atoms. The number of nitrogens with zero attached hydrogens (tertiary/aromatic N) is 1. The number of aliphatic hydroxyl groups is 1. The number of carbonyl (C=O) groups is 1. The summed E-state index contributed by atoms with van der Waals surface area (Å²) in [4.78, 5) is 13.5. The number of quaternary nitrogens is 1. The van der Waals surface area contributed by atoms with Gasteiger partial charge in [-0.15, -0.1) is 0 Å². The number of aryl methyl sites for hydroxylation is 1. The topological polar surface area (TPSA) is 46.5 Å². The van der Waals surface area contributed by atoms with E-state index in [1.54, 1.807) is 24.3 Å². The SMILES string of the molecule is C[N@@+]1(CCCc2ccccc2)CCC[C@@H](OC(=O)C(O)(c2ccccc2)c2ccccc2)C1. The van der Waals surface area contributed by atoms with Crippen LogP contribution in [0.2, 0.25) is 0 Å². The fourth-order valence-corrected chi connectivity index (χ4v) is 4.98. The summed E-state index contributed by atoms with van der Waals surface area (Å²) >= 11 is 0. The molecule has 0 saturated carbocycles. The minimum absolute atomic E-state index is 0.202. The number of benzene rings is 3. The summed E-state index contributed by atoms with van der Waals surface area (Å²) in [5.74, 6) is -0.595. The zero-order valence-corrected chi connectivity index (χ0v) is 19.4. The summed E-state index contributed by atoms with van der Waals surface area (Å²) in [6.07, 6.45) is 3.79. The molecule has 2 atom stereocenters. The van der Waals surface area contributed by atoms with Crippen molar-refractivity contribution in [3.05, 3.63) is 108 Å². The third-order valence-electron chi connectivity index (χ3n) is 6.83. The summed E-state index contributed by atoms with van der Waals surface area (Å²) in [7, 11) is 2.26. The van der Waals surface area contributed by atoms with E-state index < -0.39 is 11.6 Å². The molecule has 4 rings (SSSR count). The minimum Gasteiger partial charge on any atom is -0.454 e. The van der Waals surface area contributed by atoms with Gasteiger partial charge in [0.25, 0.3) is 0 Å². The molecule has 0 aliphatic carbocycles. The van der Waals surface area contributed by atoms with Crippen LogP contribution in [0.15, 0.2) is 91.0 Å². The molecule has 1 aliphatic rings. The highest BCUT2D eigenvalue weighted by Crippen LogP contribution is 2.32. The largest absolute Gasteiger partial charge is 0.454 e. The molecule has 0 radical (unpaired) electrons. The number of ether oxygens (including phenoxy) is 1. The molecule has 1 aliphatic heterocycles. The number of hydrogen-bond donors (Lipinski definition) is 1. The number of rotatable bonds is 8. The number of hydrogen-bond acceptors (Lipinski definition) is 3. The van der Waals surface area contributed by atoms with Crippen LogP contribution >= 0.6 is 0 Å². The van der Waals surface area contributed by atoms with E-state index in [1.807, 2.05) is 42.5 Å². The van der Waals surface area contributed by atoms with Crippen LogP contribution in [0.5, 0.6) is 0 Å². The second-order valence-corrected chi connectivity index (χ2v) is 9.45. The van der Waals surface area contributed by atoms with Crippen LogP contribution in [0, 0.1) is 0 Å². The van der Waals surface area contributed by atoms with Crippen molar-refractivity contribution < 1.29 is 19.1 Å². The molecule has 0 unspecified atom stereocenters. The Bertz CT molecular complexity index is 983. The van der Waals surface area contributed by atoms with Crippen molar-refractivity contribution in [3.63, 3.8) is 0 Å². The maximum absolute atomic E-state index is 13.5. The molecule has 1 N–H and O–H groups in total. The first-order valence-corrected chi connectivity index (χ1v) is 11.9. The van der Waals surface area contributed by atoms with Gasteiger partial charge in [0, 0.05) is 12.8 Å².